The molecule has 31 heavy (non-hydrogen) atoms. The maximum absolute atomic E-state index is 13.1. The number of thiophene rings is 1. The molecule has 2 aromatic rings. The minimum atomic E-state index is -1.27. The number of nitrogens with one attached hydrogen (secondary N) is 1. The number of fused-ring (bicyclic) bond motifs is 1. The van der Waals surface area contributed by atoms with Crippen LogP contribution >= 0.6 is 22.9 Å². The Labute approximate surface area is 188 Å². The minimum Gasteiger partial charge on any atom is -0.396 e. The first-order valence-corrected chi connectivity index (χ1v) is 11.2. The molecule has 1 unspecified atom stereocenters. The van der Waals surface area contributed by atoms with Gasteiger partial charge in [0.1, 0.15) is 6.54 Å². The number of nitrogens with zero attached hydrogens (tertiary/aromatic N) is 2. The molecule has 4 rings (SSSR count). The molecule has 1 aromatic carbocycles. The third-order valence-corrected chi connectivity index (χ3v) is 6.95. The smallest absolute Gasteiger partial charge is 0.265 e. The van der Waals surface area contributed by atoms with Gasteiger partial charge < -0.3 is 20.4 Å². The summed E-state index contributed by atoms with van der Waals surface area (Å²) in [4.78, 5) is 41.4. The van der Waals surface area contributed by atoms with Crippen LogP contribution in [0.1, 0.15) is 44.7 Å². The average molecular weight is 464 g/mol. The molecule has 1 aromatic heterocycles. The number of piperidine rings is 1. The number of amides is 3. The minimum absolute atomic E-state index is 0.104. The Balaban J connectivity index is 1.49. The Kier molecular flexibility index (Phi) is 6.29. The fourth-order valence-corrected chi connectivity index (χ4v) is 4.88. The standard InChI is InChI=1S/C21H22ClN3O5S/c22-16-5-4-15(31-16)19(28)23-14-3-1-2-13-18(14)21(30)25(20(13)29)10-17(27)24-8-6-12(11-26)7-9-24/h1-5,12,20,26,29H,6-11H2,(H,23,28). The van der Waals surface area contributed by atoms with Crippen molar-refractivity contribution in [2.45, 2.75) is 19.1 Å². The lowest BCUT2D eigenvalue weighted by Gasteiger charge is -2.32. The Morgan fingerprint density at radius 3 is 2.58 bits per heavy atom. The van der Waals surface area contributed by atoms with Crippen molar-refractivity contribution in [1.82, 2.24) is 9.80 Å². The molecule has 0 spiro atoms. The van der Waals surface area contributed by atoms with Gasteiger partial charge in [-0.15, -0.1) is 11.3 Å². The molecule has 8 nitrogen and oxygen atoms in total. The van der Waals surface area contributed by atoms with E-state index in [1.54, 1.807) is 35.2 Å². The van der Waals surface area contributed by atoms with Gasteiger partial charge in [0.25, 0.3) is 11.8 Å². The summed E-state index contributed by atoms with van der Waals surface area (Å²) in [6.07, 6.45) is 0.151. The van der Waals surface area contributed by atoms with Gasteiger partial charge in [-0.25, -0.2) is 0 Å². The highest BCUT2D eigenvalue weighted by molar-refractivity contribution is 7.18. The quantitative estimate of drug-likeness (QED) is 0.630. The first-order chi connectivity index (χ1) is 14.9. The summed E-state index contributed by atoms with van der Waals surface area (Å²) in [6, 6.07) is 8.03. The van der Waals surface area contributed by atoms with Crippen LogP contribution in [0.4, 0.5) is 5.69 Å². The number of carbonyl (C=O) groups excluding carboxylic acids is 3. The maximum Gasteiger partial charge on any atom is 0.265 e. The van der Waals surface area contributed by atoms with E-state index in [4.69, 9.17) is 11.6 Å². The van der Waals surface area contributed by atoms with E-state index in [1.165, 1.54) is 0 Å². The lowest BCUT2D eigenvalue weighted by Crippen LogP contribution is -2.45. The van der Waals surface area contributed by atoms with Crippen molar-refractivity contribution in [1.29, 1.82) is 0 Å². The molecule has 10 heteroatoms. The van der Waals surface area contributed by atoms with Crippen LogP contribution in [-0.4, -0.2) is 64.0 Å². The molecule has 1 saturated heterocycles. The van der Waals surface area contributed by atoms with E-state index in [-0.39, 0.29) is 36.2 Å². The van der Waals surface area contributed by atoms with Crippen LogP contribution in [-0.2, 0) is 4.79 Å². The van der Waals surface area contributed by atoms with Crippen molar-refractivity contribution < 1.29 is 24.6 Å². The highest BCUT2D eigenvalue weighted by Gasteiger charge is 2.39. The molecule has 0 radical (unpaired) electrons. The van der Waals surface area contributed by atoms with Crippen LogP contribution in [0.15, 0.2) is 30.3 Å². The number of halogens is 1. The normalized spacial score (nSPS) is 18.9. The molecule has 164 valence electrons. The molecule has 0 bridgehead atoms. The van der Waals surface area contributed by atoms with Crippen LogP contribution in [0.2, 0.25) is 4.34 Å². The van der Waals surface area contributed by atoms with Gasteiger partial charge in [-0.05, 0) is 37.0 Å². The van der Waals surface area contributed by atoms with Crippen LogP contribution in [0.3, 0.4) is 0 Å². The van der Waals surface area contributed by atoms with Crippen LogP contribution in [0.25, 0.3) is 0 Å². The van der Waals surface area contributed by atoms with Gasteiger partial charge in [-0.1, -0.05) is 23.7 Å². The van der Waals surface area contributed by atoms with Crippen LogP contribution < -0.4 is 5.32 Å². The number of rotatable bonds is 5. The van der Waals surface area contributed by atoms with E-state index in [0.717, 1.165) is 16.2 Å². The SMILES string of the molecule is O=C(Nc1cccc2c1C(=O)N(CC(=O)N1CCC(CO)CC1)C2O)c1ccc(Cl)s1. The summed E-state index contributed by atoms with van der Waals surface area (Å²) < 4.78 is 0.475. The van der Waals surface area contributed by atoms with E-state index in [2.05, 4.69) is 5.32 Å². The van der Waals surface area contributed by atoms with Crippen molar-refractivity contribution in [2.75, 3.05) is 31.6 Å². The Hall–Kier alpha value is -2.46. The number of aliphatic hydroxyl groups is 2. The number of carbonyl (C=O) groups is 3. The summed E-state index contributed by atoms with van der Waals surface area (Å²) in [5, 5.41) is 22.7. The summed E-state index contributed by atoms with van der Waals surface area (Å²) in [6.45, 7) is 0.874. The van der Waals surface area contributed by atoms with Crippen molar-refractivity contribution in [3.05, 3.63) is 50.7 Å². The molecule has 3 amide bonds. The fourth-order valence-electron chi connectivity index (χ4n) is 3.94. The van der Waals surface area contributed by atoms with Gasteiger partial charge in [0.2, 0.25) is 5.91 Å². The fraction of sp³-hybridized carbons (Fsp3) is 0.381. The van der Waals surface area contributed by atoms with E-state index in [9.17, 15) is 24.6 Å². The molecule has 2 aliphatic rings. The van der Waals surface area contributed by atoms with Gasteiger partial charge in [0, 0.05) is 25.3 Å². The molecule has 2 aliphatic heterocycles. The number of hydrogen-bond donors (Lipinski definition) is 3. The van der Waals surface area contributed by atoms with E-state index in [1.807, 2.05) is 0 Å². The predicted octanol–water partition coefficient (Wildman–Crippen LogP) is 2.33. The number of likely N-dealkylation sites (tertiary alicyclic amines) is 1. The van der Waals surface area contributed by atoms with Gasteiger partial charge in [0.05, 0.1) is 20.5 Å². The molecule has 0 aliphatic carbocycles. The third kappa shape index (κ3) is 4.31. The van der Waals surface area contributed by atoms with Gasteiger partial charge in [0.15, 0.2) is 6.23 Å². The topological polar surface area (TPSA) is 110 Å². The van der Waals surface area contributed by atoms with E-state index >= 15 is 0 Å². The summed E-state index contributed by atoms with van der Waals surface area (Å²) >= 11 is 7.01. The lowest BCUT2D eigenvalue weighted by molar-refractivity contribution is -0.135. The predicted molar refractivity (Wildman–Crippen MR) is 116 cm³/mol. The van der Waals surface area contributed by atoms with Gasteiger partial charge >= 0.3 is 0 Å². The summed E-state index contributed by atoms with van der Waals surface area (Å²) in [7, 11) is 0. The molecule has 1 atom stereocenters. The molecular formula is C21H22ClN3O5S. The first-order valence-electron chi connectivity index (χ1n) is 9.96. The third-order valence-electron chi connectivity index (χ3n) is 5.72. The van der Waals surface area contributed by atoms with E-state index < -0.39 is 18.0 Å². The number of aliphatic hydroxyl groups excluding tert-OH is 2. The molecule has 3 N–H and O–H groups in total. The first kappa shape index (κ1) is 21.8. The van der Waals surface area contributed by atoms with Crippen molar-refractivity contribution in [3.8, 4) is 0 Å². The zero-order chi connectivity index (χ0) is 22.1. The summed E-state index contributed by atoms with van der Waals surface area (Å²) in [5.74, 6) is -0.984. The second-order valence-electron chi connectivity index (χ2n) is 7.64. The van der Waals surface area contributed by atoms with Gasteiger partial charge in [-0.3, -0.25) is 19.3 Å². The molecule has 0 saturated carbocycles. The highest BCUT2D eigenvalue weighted by Crippen LogP contribution is 2.36. The van der Waals surface area contributed by atoms with Gasteiger partial charge in [-0.2, -0.15) is 0 Å². The van der Waals surface area contributed by atoms with Crippen molar-refractivity contribution in [3.63, 3.8) is 0 Å². The average Bonchev–Trinajstić information content (AvgIpc) is 3.31. The summed E-state index contributed by atoms with van der Waals surface area (Å²) in [5.41, 5.74) is 0.798. The van der Waals surface area contributed by atoms with Crippen molar-refractivity contribution >= 4 is 46.3 Å². The van der Waals surface area contributed by atoms with Crippen LogP contribution in [0, 0.1) is 5.92 Å². The monoisotopic (exact) mass is 463 g/mol. The zero-order valence-electron chi connectivity index (χ0n) is 16.6. The van der Waals surface area contributed by atoms with Crippen molar-refractivity contribution in [2.24, 2.45) is 5.92 Å². The number of anilines is 1. The largest absolute Gasteiger partial charge is 0.396 e. The second-order valence-corrected chi connectivity index (χ2v) is 9.36. The molecular weight excluding hydrogens is 442 g/mol. The zero-order valence-corrected chi connectivity index (χ0v) is 18.2. The van der Waals surface area contributed by atoms with E-state index in [0.29, 0.717) is 40.7 Å². The van der Waals surface area contributed by atoms with Crippen LogP contribution in [0.5, 0.6) is 0 Å². The molecule has 1 fully saturated rings. The second kappa shape index (κ2) is 8.96. The highest BCUT2D eigenvalue weighted by atomic mass is 35.5. The lowest BCUT2D eigenvalue weighted by atomic mass is 9.98. The Bertz CT molecular complexity index is 1020. The Morgan fingerprint density at radius 1 is 1.19 bits per heavy atom. The number of benzene rings is 1. The number of hydrogen-bond acceptors (Lipinski definition) is 6. The molecule has 3 heterocycles. The maximum atomic E-state index is 13.1. The Morgan fingerprint density at radius 2 is 1.94 bits per heavy atom.